The van der Waals surface area contributed by atoms with Gasteiger partial charge in [0.2, 0.25) is 5.43 Å². The molecule has 0 aromatic heterocycles. The number of anilines is 1. The minimum atomic E-state index is -1.96. The summed E-state index contributed by atoms with van der Waals surface area (Å²) < 4.78 is 36.2. The van der Waals surface area contributed by atoms with Crippen LogP contribution in [0.2, 0.25) is 0 Å². The Hall–Kier alpha value is -5.75. The summed E-state index contributed by atoms with van der Waals surface area (Å²) in [5.74, 6) is -10.3. The predicted octanol–water partition coefficient (Wildman–Crippen LogP) is 5.10. The Morgan fingerprint density at radius 1 is 1.00 bits per heavy atom. The second-order valence-electron chi connectivity index (χ2n) is 17.9. The van der Waals surface area contributed by atoms with E-state index >= 15 is 0 Å². The molecule has 0 aromatic carbocycles. The van der Waals surface area contributed by atoms with Crippen LogP contribution in [0.5, 0.6) is 0 Å². The number of hydrogen-bond acceptors (Lipinski definition) is 16. The first-order chi connectivity index (χ1) is 30.7. The van der Waals surface area contributed by atoms with Gasteiger partial charge in [-0.2, -0.15) is 0 Å². The number of nitrogens with zero attached hydrogens (tertiary/aromatic N) is 2. The normalized spacial score (nSPS) is 34.3. The number of carbonyl (C=O) groups is 3. The van der Waals surface area contributed by atoms with E-state index in [1.807, 2.05) is 11.8 Å². The van der Waals surface area contributed by atoms with Gasteiger partial charge in [-0.25, -0.2) is 4.98 Å². The summed E-state index contributed by atoms with van der Waals surface area (Å²) in [4.78, 5) is 61.4. The van der Waals surface area contributed by atoms with E-state index in [0.717, 1.165) is 0 Å². The minimum absolute atomic E-state index is 0.00694. The van der Waals surface area contributed by atoms with Crippen molar-refractivity contribution in [1.29, 1.82) is 0 Å². The van der Waals surface area contributed by atoms with Crippen molar-refractivity contribution < 1.29 is 62.9 Å². The van der Waals surface area contributed by atoms with Crippen LogP contribution < -0.4 is 15.6 Å². The molecule has 1 saturated heterocycles. The molecule has 350 valence electrons. The smallest absolute Gasteiger partial charge is 0.306 e. The molecule has 17 heteroatoms. The molecule has 7 aliphatic rings. The Labute approximate surface area is 377 Å². The lowest BCUT2D eigenvalue weighted by atomic mass is 9.69. The fraction of sp³-hybridized carbons (Fsp3) is 0.521. The molecular weight excluding hydrogens is 843 g/mol. The van der Waals surface area contributed by atoms with Crippen LogP contribution in [0.4, 0.5) is 5.69 Å². The number of Topliss-reactive ketones (excluding diaryl/α,β-unsaturated/α-hetero) is 1. The van der Waals surface area contributed by atoms with Crippen molar-refractivity contribution in [1.82, 2.24) is 10.3 Å². The third-order valence-corrected chi connectivity index (χ3v) is 13.5. The average Bonchev–Trinajstić information content (AvgIpc) is 3.52. The molecule has 2 unspecified atom stereocenters. The van der Waals surface area contributed by atoms with Crippen molar-refractivity contribution in [3.8, 4) is 11.5 Å². The van der Waals surface area contributed by atoms with Gasteiger partial charge in [0, 0.05) is 93.3 Å². The maximum Gasteiger partial charge on any atom is 0.306 e. The number of aliphatic hydroxyl groups excluding tert-OH is 4. The molecule has 65 heavy (non-hydrogen) atoms. The Morgan fingerprint density at radius 2 is 1.71 bits per heavy atom. The molecule has 0 aromatic rings. The van der Waals surface area contributed by atoms with Gasteiger partial charge in [-0.15, -0.1) is 0 Å². The van der Waals surface area contributed by atoms with Crippen molar-refractivity contribution in [2.24, 2.45) is 29.6 Å². The van der Waals surface area contributed by atoms with Gasteiger partial charge in [0.1, 0.15) is 23.3 Å². The SMILES string of the molecule is CCOC1CN(c2cc3oc4c(nc-3c(=O)c2)C2C3=C(O)[C@@]5(C)O/C=C/[C@H](OC)[C@@H](C)[C@@H](OC(C)=O)[C@H](C)[C@H](O)[C@H](C)[C@@H](O)[C@@H](C)/C=C/C=C(/C)C(=O)NC4=C(O)C2C(=O)C(C)=C3O5)C1. The molecule has 17 nitrogen and oxygen atoms in total. The zero-order valence-electron chi connectivity index (χ0n) is 38.3. The van der Waals surface area contributed by atoms with Gasteiger partial charge in [0.05, 0.1) is 53.8 Å². The number of esters is 1. The molecule has 0 spiro atoms. The van der Waals surface area contributed by atoms with E-state index < -0.39 is 100 Å². The first kappa shape index (κ1) is 47.2. The van der Waals surface area contributed by atoms with Crippen LogP contribution >= 0.6 is 0 Å². The van der Waals surface area contributed by atoms with Gasteiger partial charge in [-0.05, 0) is 26.8 Å². The molecule has 5 N–H and O–H groups in total. The average molecular weight is 902 g/mol. The maximum absolute atomic E-state index is 14.4. The number of carbonyl (C=O) groups excluding carboxylic acids is 3. The number of benzene rings is 1. The Bertz CT molecular complexity index is 2460. The number of ether oxygens (including phenoxy) is 5. The van der Waals surface area contributed by atoms with E-state index in [2.05, 4.69) is 5.32 Å². The van der Waals surface area contributed by atoms with E-state index in [-0.39, 0.29) is 57.2 Å². The first-order valence-corrected chi connectivity index (χ1v) is 22.0. The lowest BCUT2D eigenvalue weighted by Gasteiger charge is -2.40. The lowest BCUT2D eigenvalue weighted by molar-refractivity contribution is -0.160. The highest BCUT2D eigenvalue weighted by Gasteiger charge is 2.58. The van der Waals surface area contributed by atoms with Crippen molar-refractivity contribution in [2.45, 2.75) is 105 Å². The summed E-state index contributed by atoms with van der Waals surface area (Å²) in [5.41, 5.74) is -0.0706. The Balaban J connectivity index is 1.39. The number of amides is 1. The van der Waals surface area contributed by atoms with E-state index in [4.69, 9.17) is 33.1 Å². The number of rotatable bonds is 5. The largest absolute Gasteiger partial charge is 0.509 e. The van der Waals surface area contributed by atoms with Crippen LogP contribution in [-0.2, 0) is 38.1 Å². The van der Waals surface area contributed by atoms with Crippen molar-refractivity contribution in [3.05, 3.63) is 98.4 Å². The maximum atomic E-state index is 14.4. The molecule has 0 radical (unpaired) electrons. The van der Waals surface area contributed by atoms with Gasteiger partial charge < -0.3 is 58.7 Å². The molecular formula is C48H59N3O14. The number of aliphatic hydroxyl groups is 4. The van der Waals surface area contributed by atoms with Crippen LogP contribution in [0.3, 0.4) is 0 Å². The number of nitrogens with one attached hydrogen (secondary N) is 1. The topological polar surface area (TPSA) is 237 Å². The molecule has 0 saturated carbocycles. The summed E-state index contributed by atoms with van der Waals surface area (Å²) in [6.07, 6.45) is 3.60. The lowest BCUT2D eigenvalue weighted by Crippen LogP contribution is -2.52. The first-order valence-electron chi connectivity index (χ1n) is 22.0. The number of aromatic nitrogens is 1. The number of methoxy groups -OCH3 is 1. The van der Waals surface area contributed by atoms with E-state index in [0.29, 0.717) is 25.4 Å². The van der Waals surface area contributed by atoms with E-state index in [1.165, 1.54) is 59.3 Å². The number of hydrogen-bond donors (Lipinski definition) is 5. The highest BCUT2D eigenvalue weighted by Crippen LogP contribution is 2.56. The highest BCUT2D eigenvalue weighted by atomic mass is 16.7. The fourth-order valence-corrected chi connectivity index (χ4v) is 9.50. The molecule has 7 rings (SSSR count). The van der Waals surface area contributed by atoms with Crippen LogP contribution in [-0.4, -0.2) is 106 Å². The molecule has 1 amide bonds. The number of ketones is 1. The van der Waals surface area contributed by atoms with E-state index in [1.54, 1.807) is 45.9 Å². The number of allylic oxidation sites excluding steroid dienone is 5. The van der Waals surface area contributed by atoms with Crippen molar-refractivity contribution in [3.63, 3.8) is 0 Å². The van der Waals surface area contributed by atoms with Gasteiger partial charge in [-0.3, -0.25) is 19.2 Å². The third kappa shape index (κ3) is 8.50. The fourth-order valence-electron chi connectivity index (χ4n) is 9.50. The van der Waals surface area contributed by atoms with Crippen LogP contribution in [0.15, 0.2) is 85.9 Å². The predicted molar refractivity (Wildman–Crippen MR) is 236 cm³/mol. The molecule has 4 bridgehead atoms. The summed E-state index contributed by atoms with van der Waals surface area (Å²) in [5, 5.41) is 50.1. The number of fused-ring (bicyclic) bond motifs is 2. The zero-order chi connectivity index (χ0) is 47.4. The third-order valence-electron chi connectivity index (χ3n) is 13.5. The highest BCUT2D eigenvalue weighted by molar-refractivity contribution is 6.06. The van der Waals surface area contributed by atoms with Crippen LogP contribution in [0.1, 0.15) is 79.7 Å². The monoisotopic (exact) mass is 901 g/mol. The molecule has 4 heterocycles. The summed E-state index contributed by atoms with van der Waals surface area (Å²) in [6, 6.07) is 3.07. The van der Waals surface area contributed by atoms with Crippen LogP contribution in [0, 0.1) is 29.6 Å². The summed E-state index contributed by atoms with van der Waals surface area (Å²) in [6.45, 7) is 16.2. The second kappa shape index (κ2) is 18.3. The Kier molecular flexibility index (Phi) is 13.3. The van der Waals surface area contributed by atoms with Crippen LogP contribution in [0.25, 0.3) is 17.2 Å². The van der Waals surface area contributed by atoms with Gasteiger partial charge in [0.15, 0.2) is 28.8 Å². The van der Waals surface area contributed by atoms with Gasteiger partial charge in [-0.1, -0.05) is 45.9 Å². The molecule has 4 aliphatic heterocycles. The quantitative estimate of drug-likeness (QED) is 0.246. The van der Waals surface area contributed by atoms with Gasteiger partial charge >= 0.3 is 11.8 Å². The Morgan fingerprint density at radius 3 is 2.37 bits per heavy atom. The summed E-state index contributed by atoms with van der Waals surface area (Å²) >= 11 is 0. The molecule has 11 atom stereocenters. The standard InChI is InChI=1S/C48H59N3O14/c1-11-61-29-19-51(20-29)28-17-30(53)36-32(18-28)64-45-37(49-36)33-34-41(56)26(7)44-35(33)46(58)48(9,65-44)62-16-15-31(60-10)23(4)43(63-27(8)52)25(6)40(55)24(5)39(54)21(2)13-12-14-22(3)47(59)50-38(45)42(34)57/h12-18,21,23-25,29,31,33-34,39-40,43,54-55,57-58H,11,19-20H2,1-10H3,(H,50,59)/b13-12+,16-15+,22-14-/t21-,23+,24+,25+,31-,33?,34?,39-,40+,43+,48-/m0/s1. The van der Waals surface area contributed by atoms with Crippen molar-refractivity contribution >= 4 is 29.0 Å². The minimum Gasteiger partial charge on any atom is -0.509 e. The molecule has 1 fully saturated rings. The van der Waals surface area contributed by atoms with Gasteiger partial charge in [0.25, 0.3) is 5.91 Å². The molecule has 3 aliphatic carbocycles. The second-order valence-corrected chi connectivity index (χ2v) is 17.9. The zero-order valence-corrected chi connectivity index (χ0v) is 38.3. The van der Waals surface area contributed by atoms with Crippen molar-refractivity contribution in [2.75, 3.05) is 31.7 Å². The summed E-state index contributed by atoms with van der Waals surface area (Å²) in [7, 11) is 1.44. The van der Waals surface area contributed by atoms with E-state index in [9.17, 15) is 39.6 Å².